The third-order valence-electron chi connectivity index (χ3n) is 7.80. The van der Waals surface area contributed by atoms with E-state index in [0.717, 1.165) is 44.1 Å². The van der Waals surface area contributed by atoms with Crippen molar-refractivity contribution in [2.24, 2.45) is 11.8 Å². The highest BCUT2D eigenvalue weighted by atomic mass is 16.5. The predicted octanol–water partition coefficient (Wildman–Crippen LogP) is 3.86. The highest BCUT2D eigenvalue weighted by Gasteiger charge is 2.35. The van der Waals surface area contributed by atoms with Crippen molar-refractivity contribution in [2.45, 2.75) is 83.8 Å². The lowest BCUT2D eigenvalue weighted by atomic mass is 9.84. The molecule has 2 heterocycles. The molecule has 2 N–H and O–H groups in total. The normalized spacial score (nSPS) is 18.6. The van der Waals surface area contributed by atoms with Crippen LogP contribution in [0.15, 0.2) is 41.1 Å². The Labute approximate surface area is 213 Å². The first kappa shape index (κ1) is 25.9. The topological polar surface area (TPSA) is 105 Å². The van der Waals surface area contributed by atoms with Crippen LogP contribution in [0.1, 0.15) is 80.5 Å². The lowest BCUT2D eigenvalue weighted by Crippen LogP contribution is -2.57. The van der Waals surface area contributed by atoms with Crippen molar-refractivity contribution in [3.8, 4) is 0 Å². The van der Waals surface area contributed by atoms with E-state index in [1.54, 1.807) is 0 Å². The summed E-state index contributed by atoms with van der Waals surface area (Å²) < 4.78 is 4.99. The minimum atomic E-state index is -0.743. The van der Waals surface area contributed by atoms with Gasteiger partial charge < -0.3 is 20.1 Å². The van der Waals surface area contributed by atoms with Crippen molar-refractivity contribution in [3.05, 3.63) is 53.4 Å². The zero-order valence-electron chi connectivity index (χ0n) is 21.4. The van der Waals surface area contributed by atoms with E-state index in [9.17, 15) is 14.4 Å². The average Bonchev–Trinajstić information content (AvgIpc) is 3.46. The van der Waals surface area contributed by atoms with Gasteiger partial charge >= 0.3 is 0 Å². The molecule has 0 spiro atoms. The van der Waals surface area contributed by atoms with E-state index in [-0.39, 0.29) is 23.5 Å². The van der Waals surface area contributed by atoms with E-state index in [2.05, 4.69) is 27.9 Å². The number of nitrogens with one attached hydrogen (secondary N) is 2. The molecule has 1 aromatic heterocycles. The lowest BCUT2D eigenvalue weighted by molar-refractivity contribution is -0.139. The molecule has 1 aliphatic carbocycles. The van der Waals surface area contributed by atoms with E-state index in [0.29, 0.717) is 25.4 Å². The van der Waals surface area contributed by atoms with Crippen LogP contribution in [0.2, 0.25) is 0 Å². The Kier molecular flexibility index (Phi) is 8.78. The number of rotatable bonds is 9. The van der Waals surface area contributed by atoms with E-state index < -0.39 is 18.0 Å². The van der Waals surface area contributed by atoms with Crippen LogP contribution in [0.3, 0.4) is 0 Å². The van der Waals surface area contributed by atoms with Gasteiger partial charge in [-0.2, -0.15) is 0 Å². The van der Waals surface area contributed by atoms with Crippen LogP contribution < -0.4 is 10.6 Å². The monoisotopic (exact) mass is 494 g/mol. The van der Waals surface area contributed by atoms with Gasteiger partial charge in [0.15, 0.2) is 0 Å². The smallest absolute Gasteiger partial charge is 0.290 e. The van der Waals surface area contributed by atoms with Gasteiger partial charge in [-0.25, -0.2) is 0 Å². The number of nitrogens with zero attached hydrogens (tertiary/aromatic N) is 2. The van der Waals surface area contributed by atoms with Crippen molar-refractivity contribution < 1.29 is 18.9 Å². The summed E-state index contributed by atoms with van der Waals surface area (Å²) in [5.41, 5.74) is 2.43. The molecule has 3 atom stereocenters. The summed E-state index contributed by atoms with van der Waals surface area (Å²) >= 11 is 0. The van der Waals surface area contributed by atoms with E-state index in [4.69, 9.17) is 4.52 Å². The second-order valence-corrected chi connectivity index (χ2v) is 10.3. The van der Waals surface area contributed by atoms with Crippen LogP contribution in [0.5, 0.6) is 0 Å². The third-order valence-corrected chi connectivity index (χ3v) is 7.80. The zero-order chi connectivity index (χ0) is 25.5. The number of fused-ring (bicyclic) bond motifs is 1. The molecule has 1 aliphatic heterocycles. The molecule has 1 fully saturated rings. The molecule has 4 rings (SSSR count). The molecule has 0 unspecified atom stereocenters. The largest absolute Gasteiger partial charge is 0.351 e. The third kappa shape index (κ3) is 6.33. The number of benzene rings is 1. The second kappa shape index (κ2) is 12.2. The maximum absolute atomic E-state index is 13.7. The number of amides is 3. The maximum atomic E-state index is 13.7. The molecule has 1 saturated carbocycles. The fourth-order valence-electron chi connectivity index (χ4n) is 5.37. The average molecular weight is 495 g/mol. The Morgan fingerprint density at radius 2 is 1.83 bits per heavy atom. The van der Waals surface area contributed by atoms with Crippen molar-refractivity contribution in [3.63, 3.8) is 0 Å². The van der Waals surface area contributed by atoms with Gasteiger partial charge in [0.25, 0.3) is 5.91 Å². The van der Waals surface area contributed by atoms with Crippen molar-refractivity contribution in [1.29, 1.82) is 0 Å². The standard InChI is InChI=1S/C28H38N4O4/c1-3-19(2)25(28(35)32-16-14-21-11-7-8-12-22(21)18-32)31-26(33)23(17-20-9-5-4-6-10-20)30-27(34)24-13-15-29-36-24/h7-8,11-13,15,19-20,23,25H,3-6,9-10,14,16-18H2,1-2H3,(H,30,34)(H,31,33)/t19-,23-,25-/m0/s1. The van der Waals surface area contributed by atoms with Crippen LogP contribution in [0.25, 0.3) is 0 Å². The second-order valence-electron chi connectivity index (χ2n) is 10.3. The molecule has 2 aromatic rings. The van der Waals surface area contributed by atoms with Crippen LogP contribution in [0.4, 0.5) is 0 Å². The van der Waals surface area contributed by atoms with E-state index in [1.165, 1.54) is 24.2 Å². The predicted molar refractivity (Wildman–Crippen MR) is 136 cm³/mol. The molecular formula is C28H38N4O4. The van der Waals surface area contributed by atoms with Crippen LogP contribution >= 0.6 is 0 Å². The number of hydrogen-bond donors (Lipinski definition) is 2. The highest BCUT2D eigenvalue weighted by Crippen LogP contribution is 2.28. The Hall–Kier alpha value is -3.16. The SMILES string of the molecule is CC[C@H](C)[C@H](NC(=O)[C@H](CC1CCCCC1)NC(=O)c1ccno1)C(=O)N1CCc2ccccc2C1. The Morgan fingerprint density at radius 3 is 2.53 bits per heavy atom. The summed E-state index contributed by atoms with van der Waals surface area (Å²) in [4.78, 5) is 41.8. The fourth-order valence-corrected chi connectivity index (χ4v) is 5.37. The number of carbonyl (C=O) groups excluding carboxylic acids is 3. The van der Waals surface area contributed by atoms with Crippen molar-refractivity contribution in [1.82, 2.24) is 20.7 Å². The molecule has 3 amide bonds. The maximum Gasteiger partial charge on any atom is 0.290 e. The van der Waals surface area contributed by atoms with Crippen LogP contribution in [-0.2, 0) is 22.6 Å². The first-order valence-corrected chi connectivity index (χ1v) is 13.3. The van der Waals surface area contributed by atoms with Gasteiger partial charge in [-0.05, 0) is 35.8 Å². The molecule has 0 radical (unpaired) electrons. The Balaban J connectivity index is 1.48. The first-order valence-electron chi connectivity index (χ1n) is 13.3. The highest BCUT2D eigenvalue weighted by molar-refractivity contribution is 5.96. The molecule has 2 aliphatic rings. The quantitative estimate of drug-likeness (QED) is 0.551. The molecule has 0 bridgehead atoms. The summed E-state index contributed by atoms with van der Waals surface area (Å²) in [7, 11) is 0. The number of carbonyl (C=O) groups is 3. The molecule has 0 saturated heterocycles. The lowest BCUT2D eigenvalue weighted by Gasteiger charge is -2.35. The molecule has 1 aromatic carbocycles. The molecule has 194 valence electrons. The molecule has 8 heteroatoms. The van der Waals surface area contributed by atoms with Gasteiger partial charge in [-0.3, -0.25) is 14.4 Å². The van der Waals surface area contributed by atoms with Gasteiger partial charge in [-0.1, -0.05) is 81.8 Å². The zero-order valence-corrected chi connectivity index (χ0v) is 21.4. The van der Waals surface area contributed by atoms with Gasteiger partial charge in [0.2, 0.25) is 17.6 Å². The van der Waals surface area contributed by atoms with E-state index in [1.807, 2.05) is 30.9 Å². The fraction of sp³-hybridized carbons (Fsp3) is 0.571. The Morgan fingerprint density at radius 1 is 1.08 bits per heavy atom. The van der Waals surface area contributed by atoms with Crippen LogP contribution in [0, 0.1) is 11.8 Å². The van der Waals surface area contributed by atoms with Crippen molar-refractivity contribution >= 4 is 17.7 Å². The summed E-state index contributed by atoms with van der Waals surface area (Å²) in [6.45, 7) is 5.19. The first-order chi connectivity index (χ1) is 17.5. The summed E-state index contributed by atoms with van der Waals surface area (Å²) in [5, 5.41) is 9.49. The minimum absolute atomic E-state index is 0.0427. The Bertz CT molecular complexity index is 1030. The van der Waals surface area contributed by atoms with Gasteiger partial charge in [-0.15, -0.1) is 0 Å². The minimum Gasteiger partial charge on any atom is -0.351 e. The number of hydrogen-bond acceptors (Lipinski definition) is 5. The molecule has 36 heavy (non-hydrogen) atoms. The van der Waals surface area contributed by atoms with Crippen LogP contribution in [-0.4, -0.2) is 46.4 Å². The summed E-state index contributed by atoms with van der Waals surface area (Å²) in [6, 6.07) is 8.27. The molecular weight excluding hydrogens is 456 g/mol. The van der Waals surface area contributed by atoms with Gasteiger partial charge in [0, 0.05) is 19.2 Å². The number of aromatic nitrogens is 1. The van der Waals surface area contributed by atoms with E-state index >= 15 is 0 Å². The van der Waals surface area contributed by atoms with Gasteiger partial charge in [0.05, 0.1) is 6.20 Å². The summed E-state index contributed by atoms with van der Waals surface area (Å²) in [6.07, 6.45) is 9.08. The molecule has 8 nitrogen and oxygen atoms in total. The van der Waals surface area contributed by atoms with Gasteiger partial charge in [0.1, 0.15) is 12.1 Å². The summed E-state index contributed by atoms with van der Waals surface area (Å²) in [5.74, 6) is -0.463. The van der Waals surface area contributed by atoms with Crippen molar-refractivity contribution in [2.75, 3.05) is 6.54 Å².